The van der Waals surface area contributed by atoms with Crippen LogP contribution in [0.4, 0.5) is 9.93 Å². The largest absolute Gasteiger partial charge is 0.469 e. The number of carbonyl (C=O) groups is 2. The number of hydrogen-bond acceptors (Lipinski definition) is 7. The number of likely N-dealkylation sites (tertiary alicyclic amines) is 1. The Kier molecular flexibility index (Phi) is 5.74. The standard InChI is InChI=1S/C16H24N4O4S/c1-24-14(21)12-2-4-18(5-3-12)10-13-11-25-15(17-13)19-6-8-20(9-7-19)16(22)23/h11-12H,2-10H2,1H3,(H,22,23). The number of carbonyl (C=O) groups excluding carboxylic acids is 1. The van der Waals surface area contributed by atoms with E-state index in [-0.39, 0.29) is 11.9 Å². The number of esters is 1. The number of anilines is 1. The fourth-order valence-electron chi connectivity index (χ4n) is 3.33. The van der Waals surface area contributed by atoms with E-state index in [1.165, 1.54) is 12.0 Å². The fraction of sp³-hybridized carbons (Fsp3) is 0.688. The van der Waals surface area contributed by atoms with E-state index in [0.717, 1.165) is 43.3 Å². The van der Waals surface area contributed by atoms with E-state index in [1.807, 2.05) is 0 Å². The lowest BCUT2D eigenvalue weighted by molar-refractivity contribution is -0.147. The highest BCUT2D eigenvalue weighted by molar-refractivity contribution is 7.13. The minimum atomic E-state index is -0.852. The maximum Gasteiger partial charge on any atom is 0.407 e. The van der Waals surface area contributed by atoms with E-state index in [2.05, 4.69) is 15.2 Å². The average molecular weight is 368 g/mol. The van der Waals surface area contributed by atoms with Gasteiger partial charge in [-0.25, -0.2) is 9.78 Å². The smallest absolute Gasteiger partial charge is 0.407 e. The topological polar surface area (TPSA) is 86.2 Å². The Morgan fingerprint density at radius 1 is 1.24 bits per heavy atom. The van der Waals surface area contributed by atoms with Crippen LogP contribution in [0.25, 0.3) is 0 Å². The molecule has 2 aliphatic rings. The van der Waals surface area contributed by atoms with Crippen molar-refractivity contribution in [1.29, 1.82) is 0 Å². The highest BCUT2D eigenvalue weighted by Crippen LogP contribution is 2.25. The van der Waals surface area contributed by atoms with Crippen molar-refractivity contribution in [3.8, 4) is 0 Å². The van der Waals surface area contributed by atoms with Crippen LogP contribution in [0.3, 0.4) is 0 Å². The van der Waals surface area contributed by atoms with Gasteiger partial charge in [-0.3, -0.25) is 9.69 Å². The Hall–Kier alpha value is -1.87. The van der Waals surface area contributed by atoms with Gasteiger partial charge in [0.2, 0.25) is 0 Å². The van der Waals surface area contributed by atoms with Crippen LogP contribution in [-0.2, 0) is 16.1 Å². The van der Waals surface area contributed by atoms with Crippen LogP contribution in [0.15, 0.2) is 5.38 Å². The zero-order valence-electron chi connectivity index (χ0n) is 14.4. The Bertz CT molecular complexity index is 607. The molecule has 3 heterocycles. The van der Waals surface area contributed by atoms with E-state index < -0.39 is 6.09 Å². The van der Waals surface area contributed by atoms with E-state index >= 15 is 0 Å². The molecule has 9 heteroatoms. The van der Waals surface area contributed by atoms with E-state index in [4.69, 9.17) is 14.8 Å². The number of thiazole rings is 1. The molecule has 1 amide bonds. The first-order chi connectivity index (χ1) is 12.1. The van der Waals surface area contributed by atoms with Crippen molar-refractivity contribution < 1.29 is 19.4 Å². The molecular weight excluding hydrogens is 344 g/mol. The quantitative estimate of drug-likeness (QED) is 0.802. The second-order valence-electron chi connectivity index (χ2n) is 6.45. The van der Waals surface area contributed by atoms with Crippen LogP contribution in [0.2, 0.25) is 0 Å². The molecule has 2 fully saturated rings. The molecule has 0 radical (unpaired) electrons. The summed E-state index contributed by atoms with van der Waals surface area (Å²) in [5.74, 6) is -0.0751. The normalized spacial score (nSPS) is 19.9. The van der Waals surface area contributed by atoms with Gasteiger partial charge in [0.05, 0.1) is 18.7 Å². The first-order valence-corrected chi connectivity index (χ1v) is 9.42. The Labute approximate surface area is 151 Å². The molecular formula is C16H24N4O4S. The lowest BCUT2D eigenvalue weighted by Gasteiger charge is -2.32. The van der Waals surface area contributed by atoms with Gasteiger partial charge < -0.3 is 19.6 Å². The molecule has 2 aliphatic heterocycles. The zero-order valence-corrected chi connectivity index (χ0v) is 15.2. The average Bonchev–Trinajstić information content (AvgIpc) is 3.10. The van der Waals surface area contributed by atoms with E-state index in [1.54, 1.807) is 11.3 Å². The first-order valence-electron chi connectivity index (χ1n) is 8.54. The van der Waals surface area contributed by atoms with Gasteiger partial charge in [0.25, 0.3) is 0 Å². The number of nitrogens with zero attached hydrogens (tertiary/aromatic N) is 4. The van der Waals surface area contributed by atoms with Crippen LogP contribution in [0, 0.1) is 5.92 Å². The molecule has 0 aromatic carbocycles. The van der Waals surface area contributed by atoms with Gasteiger partial charge in [-0.2, -0.15) is 0 Å². The molecule has 1 aromatic rings. The SMILES string of the molecule is COC(=O)C1CCN(Cc2csc(N3CCN(C(=O)O)CC3)n2)CC1. The number of aromatic nitrogens is 1. The summed E-state index contributed by atoms with van der Waals surface area (Å²) in [4.78, 5) is 33.2. The third kappa shape index (κ3) is 4.40. The third-order valence-electron chi connectivity index (χ3n) is 4.87. The van der Waals surface area contributed by atoms with E-state index in [0.29, 0.717) is 26.2 Å². The fourth-order valence-corrected chi connectivity index (χ4v) is 4.20. The number of piperidine rings is 1. The Morgan fingerprint density at radius 3 is 2.52 bits per heavy atom. The highest BCUT2D eigenvalue weighted by Gasteiger charge is 2.26. The minimum Gasteiger partial charge on any atom is -0.469 e. The molecule has 1 aromatic heterocycles. The van der Waals surface area contributed by atoms with Crippen molar-refractivity contribution >= 4 is 28.5 Å². The number of hydrogen-bond donors (Lipinski definition) is 1. The summed E-state index contributed by atoms with van der Waals surface area (Å²) in [5.41, 5.74) is 1.04. The van der Waals surface area contributed by atoms with Gasteiger partial charge in [0, 0.05) is 38.1 Å². The van der Waals surface area contributed by atoms with Gasteiger partial charge in [-0.15, -0.1) is 11.3 Å². The highest BCUT2D eigenvalue weighted by atomic mass is 32.1. The maximum absolute atomic E-state index is 11.6. The Balaban J connectivity index is 1.48. The van der Waals surface area contributed by atoms with Crippen LogP contribution < -0.4 is 4.90 Å². The van der Waals surface area contributed by atoms with Crippen molar-refractivity contribution in [3.63, 3.8) is 0 Å². The molecule has 0 atom stereocenters. The third-order valence-corrected chi connectivity index (χ3v) is 5.82. The molecule has 0 unspecified atom stereocenters. The molecule has 1 N–H and O–H groups in total. The summed E-state index contributed by atoms with van der Waals surface area (Å²) < 4.78 is 4.82. The molecule has 3 rings (SSSR count). The van der Waals surface area contributed by atoms with Crippen molar-refractivity contribution in [2.24, 2.45) is 5.92 Å². The molecule has 138 valence electrons. The molecule has 0 bridgehead atoms. The monoisotopic (exact) mass is 368 g/mol. The van der Waals surface area contributed by atoms with Gasteiger partial charge in [0.15, 0.2) is 5.13 Å². The van der Waals surface area contributed by atoms with Gasteiger partial charge >= 0.3 is 12.1 Å². The lowest BCUT2D eigenvalue weighted by Crippen LogP contribution is -2.48. The van der Waals surface area contributed by atoms with Crippen molar-refractivity contribution in [1.82, 2.24) is 14.8 Å². The lowest BCUT2D eigenvalue weighted by atomic mass is 9.97. The molecule has 0 spiro atoms. The summed E-state index contributed by atoms with van der Waals surface area (Å²) in [7, 11) is 1.45. The summed E-state index contributed by atoms with van der Waals surface area (Å²) in [6, 6.07) is 0. The second-order valence-corrected chi connectivity index (χ2v) is 7.29. The maximum atomic E-state index is 11.6. The zero-order chi connectivity index (χ0) is 17.8. The molecule has 2 saturated heterocycles. The van der Waals surface area contributed by atoms with Crippen LogP contribution in [0.1, 0.15) is 18.5 Å². The van der Waals surface area contributed by atoms with Crippen molar-refractivity contribution in [2.45, 2.75) is 19.4 Å². The molecule has 0 saturated carbocycles. The predicted octanol–water partition coefficient (Wildman–Crippen LogP) is 1.33. The number of methoxy groups -OCH3 is 1. The molecule has 25 heavy (non-hydrogen) atoms. The summed E-state index contributed by atoms with van der Waals surface area (Å²) in [5, 5.41) is 12.0. The van der Waals surface area contributed by atoms with Gasteiger partial charge in [0.1, 0.15) is 0 Å². The predicted molar refractivity (Wildman–Crippen MR) is 93.9 cm³/mol. The number of carboxylic acid groups (broad SMARTS) is 1. The van der Waals surface area contributed by atoms with Crippen LogP contribution in [-0.4, -0.2) is 78.3 Å². The number of amides is 1. The van der Waals surface area contributed by atoms with Crippen molar-refractivity contribution in [2.75, 3.05) is 51.3 Å². The number of piperazine rings is 1. The number of rotatable bonds is 4. The summed E-state index contributed by atoms with van der Waals surface area (Å²) in [6.45, 7) is 4.96. The molecule has 0 aliphatic carbocycles. The minimum absolute atomic E-state index is 0.0257. The Morgan fingerprint density at radius 2 is 1.92 bits per heavy atom. The summed E-state index contributed by atoms with van der Waals surface area (Å²) in [6.07, 6.45) is 0.816. The van der Waals surface area contributed by atoms with E-state index in [9.17, 15) is 9.59 Å². The van der Waals surface area contributed by atoms with Crippen molar-refractivity contribution in [3.05, 3.63) is 11.1 Å². The molecule has 8 nitrogen and oxygen atoms in total. The van der Waals surface area contributed by atoms with Crippen LogP contribution >= 0.6 is 11.3 Å². The first kappa shape index (κ1) is 17.9. The number of ether oxygens (including phenoxy) is 1. The van der Waals surface area contributed by atoms with Gasteiger partial charge in [-0.05, 0) is 25.9 Å². The van der Waals surface area contributed by atoms with Crippen LogP contribution in [0.5, 0.6) is 0 Å². The summed E-state index contributed by atoms with van der Waals surface area (Å²) >= 11 is 1.61. The van der Waals surface area contributed by atoms with Gasteiger partial charge in [-0.1, -0.05) is 0 Å². The second kappa shape index (κ2) is 8.01.